The molecule has 0 saturated heterocycles. The maximum absolute atomic E-state index is 9.64. The van der Waals surface area contributed by atoms with Crippen molar-refractivity contribution < 1.29 is 10.2 Å². The topological polar surface area (TPSA) is 40.5 Å². The van der Waals surface area contributed by atoms with Gasteiger partial charge in [0.05, 0.1) is 5.60 Å². The second-order valence-electron chi connectivity index (χ2n) is 3.73. The Bertz CT molecular complexity index is 138. The van der Waals surface area contributed by atoms with E-state index in [0.29, 0.717) is 11.8 Å². The van der Waals surface area contributed by atoms with Gasteiger partial charge in [-0.3, -0.25) is 0 Å². The summed E-state index contributed by atoms with van der Waals surface area (Å²) in [5, 5.41) is 18.5. The van der Waals surface area contributed by atoms with Crippen LogP contribution < -0.4 is 0 Å². The van der Waals surface area contributed by atoms with Crippen LogP contribution in [-0.4, -0.2) is 22.4 Å². The molecule has 2 heteroatoms. The largest absolute Gasteiger partial charge is 0.396 e. The fourth-order valence-electron chi connectivity index (χ4n) is 1.99. The average Bonchev–Trinajstić information content (AvgIpc) is 2.46. The normalized spacial score (nSPS) is 42.6. The van der Waals surface area contributed by atoms with Crippen LogP contribution in [0.2, 0.25) is 0 Å². The molecule has 2 saturated carbocycles. The van der Waals surface area contributed by atoms with E-state index in [1.54, 1.807) is 0 Å². The first kappa shape index (κ1) is 6.62. The number of aliphatic hydroxyl groups excluding tert-OH is 1. The zero-order valence-electron chi connectivity index (χ0n) is 6.08. The summed E-state index contributed by atoms with van der Waals surface area (Å²) in [6.07, 6.45) is 4.17. The number of rotatable bonds is 2. The Balaban J connectivity index is 1.93. The third kappa shape index (κ3) is 0.789. The lowest BCUT2D eigenvalue weighted by atomic mass is 9.70. The Morgan fingerprint density at radius 3 is 2.30 bits per heavy atom. The van der Waals surface area contributed by atoms with Crippen LogP contribution in [0.3, 0.4) is 0 Å². The first-order chi connectivity index (χ1) is 4.76. The Kier molecular flexibility index (Phi) is 1.29. The summed E-state index contributed by atoms with van der Waals surface area (Å²) in [6.45, 7) is 0.271. The highest BCUT2D eigenvalue weighted by molar-refractivity contribution is 5.05. The summed E-state index contributed by atoms with van der Waals surface area (Å²) in [7, 11) is 0. The molecule has 0 bridgehead atoms. The van der Waals surface area contributed by atoms with Crippen molar-refractivity contribution >= 4 is 0 Å². The summed E-state index contributed by atoms with van der Waals surface area (Å²) in [6, 6.07) is 0. The van der Waals surface area contributed by atoms with Crippen LogP contribution in [0, 0.1) is 11.8 Å². The standard InChI is InChI=1S/C8H14O2/c9-5-6-1-2-7(6)8(10)3-4-8/h6-7,9-10H,1-5H2/t6-,7-/m0/s1. The number of hydrogen-bond donors (Lipinski definition) is 2. The monoisotopic (exact) mass is 142 g/mol. The van der Waals surface area contributed by atoms with Crippen LogP contribution in [0.15, 0.2) is 0 Å². The van der Waals surface area contributed by atoms with E-state index in [4.69, 9.17) is 5.11 Å². The molecule has 2 atom stereocenters. The van der Waals surface area contributed by atoms with Crippen molar-refractivity contribution in [3.8, 4) is 0 Å². The van der Waals surface area contributed by atoms with Crippen LogP contribution in [-0.2, 0) is 0 Å². The molecule has 2 rings (SSSR count). The van der Waals surface area contributed by atoms with Crippen LogP contribution in [0.25, 0.3) is 0 Å². The van der Waals surface area contributed by atoms with Gasteiger partial charge in [0.25, 0.3) is 0 Å². The minimum absolute atomic E-state index is 0.271. The fourth-order valence-corrected chi connectivity index (χ4v) is 1.99. The second-order valence-corrected chi connectivity index (χ2v) is 3.73. The molecule has 10 heavy (non-hydrogen) atoms. The summed E-state index contributed by atoms with van der Waals surface area (Å²) < 4.78 is 0. The molecule has 2 fully saturated rings. The minimum Gasteiger partial charge on any atom is -0.396 e. The fraction of sp³-hybridized carbons (Fsp3) is 1.00. The van der Waals surface area contributed by atoms with Crippen molar-refractivity contribution in [1.82, 2.24) is 0 Å². The Morgan fingerprint density at radius 2 is 2.00 bits per heavy atom. The molecule has 0 aromatic carbocycles. The van der Waals surface area contributed by atoms with E-state index in [0.717, 1.165) is 25.7 Å². The third-order valence-electron chi connectivity index (χ3n) is 3.10. The van der Waals surface area contributed by atoms with Gasteiger partial charge in [-0.25, -0.2) is 0 Å². The van der Waals surface area contributed by atoms with E-state index >= 15 is 0 Å². The predicted octanol–water partition coefficient (Wildman–Crippen LogP) is 0.530. The quantitative estimate of drug-likeness (QED) is 0.590. The molecule has 2 aliphatic carbocycles. The van der Waals surface area contributed by atoms with E-state index in [1.165, 1.54) is 0 Å². The molecular weight excluding hydrogens is 128 g/mol. The van der Waals surface area contributed by atoms with Gasteiger partial charge in [0.1, 0.15) is 0 Å². The first-order valence-electron chi connectivity index (χ1n) is 4.09. The highest BCUT2D eigenvalue weighted by Crippen LogP contribution is 2.53. The molecule has 0 aromatic rings. The zero-order valence-corrected chi connectivity index (χ0v) is 6.08. The van der Waals surface area contributed by atoms with Gasteiger partial charge in [-0.05, 0) is 37.5 Å². The van der Waals surface area contributed by atoms with Gasteiger partial charge in [-0.2, -0.15) is 0 Å². The SMILES string of the molecule is OC[C@@H]1CC[C@@H]1C1(O)CC1. The molecule has 0 aromatic heterocycles. The van der Waals surface area contributed by atoms with Crippen molar-refractivity contribution in [2.75, 3.05) is 6.61 Å². The molecule has 0 spiro atoms. The van der Waals surface area contributed by atoms with Crippen LogP contribution in [0.1, 0.15) is 25.7 Å². The van der Waals surface area contributed by atoms with Gasteiger partial charge < -0.3 is 10.2 Å². The molecule has 0 amide bonds. The van der Waals surface area contributed by atoms with Crippen LogP contribution in [0.4, 0.5) is 0 Å². The van der Waals surface area contributed by atoms with E-state index in [-0.39, 0.29) is 12.2 Å². The molecule has 0 aliphatic heterocycles. The molecular formula is C8H14O2. The molecule has 2 nitrogen and oxygen atoms in total. The maximum atomic E-state index is 9.64. The average molecular weight is 142 g/mol. The lowest BCUT2D eigenvalue weighted by Crippen LogP contribution is -2.39. The van der Waals surface area contributed by atoms with E-state index < -0.39 is 0 Å². The third-order valence-corrected chi connectivity index (χ3v) is 3.10. The summed E-state index contributed by atoms with van der Waals surface area (Å²) in [5.41, 5.74) is -0.342. The van der Waals surface area contributed by atoms with Gasteiger partial charge in [0.15, 0.2) is 0 Å². The van der Waals surface area contributed by atoms with Gasteiger partial charge in [0, 0.05) is 6.61 Å². The Morgan fingerprint density at radius 1 is 1.30 bits per heavy atom. The van der Waals surface area contributed by atoms with E-state index in [1.807, 2.05) is 0 Å². The van der Waals surface area contributed by atoms with Gasteiger partial charge in [0.2, 0.25) is 0 Å². The maximum Gasteiger partial charge on any atom is 0.0681 e. The van der Waals surface area contributed by atoms with Crippen molar-refractivity contribution in [3.63, 3.8) is 0 Å². The summed E-state index contributed by atoms with van der Waals surface area (Å²) in [4.78, 5) is 0. The predicted molar refractivity (Wildman–Crippen MR) is 37.5 cm³/mol. The number of aliphatic hydroxyl groups is 2. The van der Waals surface area contributed by atoms with E-state index in [2.05, 4.69) is 0 Å². The lowest BCUT2D eigenvalue weighted by molar-refractivity contribution is -0.0293. The minimum atomic E-state index is -0.342. The Hall–Kier alpha value is -0.0800. The molecule has 0 radical (unpaired) electrons. The molecule has 2 N–H and O–H groups in total. The van der Waals surface area contributed by atoms with E-state index in [9.17, 15) is 5.11 Å². The highest BCUT2D eigenvalue weighted by Gasteiger charge is 2.53. The smallest absolute Gasteiger partial charge is 0.0681 e. The van der Waals surface area contributed by atoms with Gasteiger partial charge in [-0.1, -0.05) is 0 Å². The van der Waals surface area contributed by atoms with Crippen molar-refractivity contribution in [1.29, 1.82) is 0 Å². The summed E-state index contributed by atoms with van der Waals surface area (Å²) in [5.74, 6) is 0.838. The molecule has 2 aliphatic rings. The first-order valence-corrected chi connectivity index (χ1v) is 4.09. The van der Waals surface area contributed by atoms with Gasteiger partial charge in [-0.15, -0.1) is 0 Å². The van der Waals surface area contributed by atoms with Crippen molar-refractivity contribution in [2.24, 2.45) is 11.8 Å². The molecule has 0 unspecified atom stereocenters. The zero-order chi connectivity index (χ0) is 7.19. The van der Waals surface area contributed by atoms with Crippen LogP contribution in [0.5, 0.6) is 0 Å². The lowest BCUT2D eigenvalue weighted by Gasteiger charge is -2.39. The molecule has 0 heterocycles. The highest BCUT2D eigenvalue weighted by atomic mass is 16.3. The molecule has 58 valence electrons. The number of hydrogen-bond acceptors (Lipinski definition) is 2. The van der Waals surface area contributed by atoms with Gasteiger partial charge >= 0.3 is 0 Å². The second kappa shape index (κ2) is 1.95. The Labute approximate surface area is 60.9 Å². The van der Waals surface area contributed by atoms with Crippen LogP contribution >= 0.6 is 0 Å². The van der Waals surface area contributed by atoms with Crippen molar-refractivity contribution in [3.05, 3.63) is 0 Å². The van der Waals surface area contributed by atoms with Crippen molar-refractivity contribution in [2.45, 2.75) is 31.3 Å². The summed E-state index contributed by atoms with van der Waals surface area (Å²) >= 11 is 0.